The van der Waals surface area contributed by atoms with Crippen LogP contribution >= 0.6 is 27.5 Å². The van der Waals surface area contributed by atoms with E-state index in [2.05, 4.69) is 15.9 Å². The van der Waals surface area contributed by atoms with E-state index in [9.17, 15) is 8.78 Å². The molecule has 0 bridgehead atoms. The molecule has 2 rings (SSSR count). The first-order valence-corrected chi connectivity index (χ1v) is 6.40. The molecule has 1 aliphatic heterocycles. The van der Waals surface area contributed by atoms with Gasteiger partial charge in [-0.05, 0) is 11.6 Å². The summed E-state index contributed by atoms with van der Waals surface area (Å²) < 4.78 is 36.1. The largest absolute Gasteiger partial charge is 0.490 e. The standard InChI is InChI=1S/C11H10BrClF2O2/c12-10(11(14)15)6-4-8-9(5-7(6)13)17-3-1-2-16-8/h4-5,10-11H,1-3H2. The Hall–Kier alpha value is -0.550. The molecule has 0 amide bonds. The molecule has 1 aromatic carbocycles. The molecule has 0 fully saturated rings. The Labute approximate surface area is 111 Å². The minimum atomic E-state index is -2.53. The number of hydrogen-bond donors (Lipinski definition) is 0. The Bertz CT molecular complexity index is 415. The van der Waals surface area contributed by atoms with Crippen LogP contribution in [0.4, 0.5) is 8.78 Å². The topological polar surface area (TPSA) is 18.5 Å². The molecular formula is C11H10BrClF2O2. The van der Waals surface area contributed by atoms with Gasteiger partial charge in [0.25, 0.3) is 6.43 Å². The van der Waals surface area contributed by atoms with Crippen molar-refractivity contribution in [3.05, 3.63) is 22.7 Å². The molecule has 6 heteroatoms. The number of ether oxygens (including phenoxy) is 2. The maximum absolute atomic E-state index is 12.6. The predicted molar refractivity (Wildman–Crippen MR) is 64.7 cm³/mol. The van der Waals surface area contributed by atoms with E-state index < -0.39 is 11.3 Å². The summed E-state index contributed by atoms with van der Waals surface area (Å²) in [5, 5.41) is 0.247. The quantitative estimate of drug-likeness (QED) is 0.758. The second kappa shape index (κ2) is 5.40. The van der Waals surface area contributed by atoms with Crippen molar-refractivity contribution in [3.8, 4) is 11.5 Å². The van der Waals surface area contributed by atoms with Gasteiger partial charge in [0.1, 0.15) is 4.83 Å². The summed E-state index contributed by atoms with van der Waals surface area (Å²) in [4.78, 5) is -1.10. The van der Waals surface area contributed by atoms with Gasteiger partial charge in [0.2, 0.25) is 0 Å². The van der Waals surface area contributed by atoms with Crippen molar-refractivity contribution in [2.75, 3.05) is 13.2 Å². The van der Waals surface area contributed by atoms with Crippen molar-refractivity contribution >= 4 is 27.5 Å². The van der Waals surface area contributed by atoms with Crippen molar-refractivity contribution in [2.45, 2.75) is 17.7 Å². The van der Waals surface area contributed by atoms with Crippen molar-refractivity contribution in [1.29, 1.82) is 0 Å². The van der Waals surface area contributed by atoms with E-state index in [0.717, 1.165) is 6.42 Å². The molecule has 0 saturated carbocycles. The summed E-state index contributed by atoms with van der Waals surface area (Å²) in [7, 11) is 0. The lowest BCUT2D eigenvalue weighted by Gasteiger charge is -2.14. The first-order valence-electron chi connectivity index (χ1n) is 5.11. The van der Waals surface area contributed by atoms with Crippen molar-refractivity contribution in [2.24, 2.45) is 0 Å². The Morgan fingerprint density at radius 1 is 1.18 bits per heavy atom. The third-order valence-electron chi connectivity index (χ3n) is 2.39. The zero-order valence-corrected chi connectivity index (χ0v) is 11.1. The normalized spacial score (nSPS) is 16.8. The molecule has 0 aliphatic carbocycles. The Kier molecular flexibility index (Phi) is 4.09. The van der Waals surface area contributed by atoms with E-state index in [1.54, 1.807) is 0 Å². The molecule has 1 atom stereocenters. The predicted octanol–water partition coefficient (Wildman–Crippen LogP) is 4.20. The lowest BCUT2D eigenvalue weighted by molar-refractivity contribution is 0.147. The summed E-state index contributed by atoms with van der Waals surface area (Å²) in [5.74, 6) is 0.970. The molecule has 0 N–H and O–H groups in total. The van der Waals surface area contributed by atoms with Crippen molar-refractivity contribution in [3.63, 3.8) is 0 Å². The van der Waals surface area contributed by atoms with Crippen LogP contribution in [0.5, 0.6) is 11.5 Å². The number of hydrogen-bond acceptors (Lipinski definition) is 2. The highest BCUT2D eigenvalue weighted by molar-refractivity contribution is 9.09. The lowest BCUT2D eigenvalue weighted by Crippen LogP contribution is -2.03. The molecule has 1 aliphatic rings. The maximum atomic E-state index is 12.6. The number of alkyl halides is 3. The fourth-order valence-corrected chi connectivity index (χ4v) is 2.33. The van der Waals surface area contributed by atoms with Gasteiger partial charge in [-0.15, -0.1) is 0 Å². The average molecular weight is 328 g/mol. The van der Waals surface area contributed by atoms with E-state index in [1.807, 2.05) is 0 Å². The second-order valence-electron chi connectivity index (χ2n) is 3.61. The molecule has 0 saturated heterocycles. The minimum absolute atomic E-state index is 0.247. The van der Waals surface area contributed by atoms with Crippen molar-refractivity contribution in [1.82, 2.24) is 0 Å². The fourth-order valence-electron chi connectivity index (χ4n) is 1.55. The average Bonchev–Trinajstić information content (AvgIpc) is 2.51. The minimum Gasteiger partial charge on any atom is -0.490 e. The van der Waals surface area contributed by atoms with Crippen LogP contribution in [-0.4, -0.2) is 19.6 Å². The highest BCUT2D eigenvalue weighted by Crippen LogP contribution is 2.41. The summed E-state index contributed by atoms with van der Waals surface area (Å²) in [6, 6.07) is 3.03. The molecule has 0 spiro atoms. The van der Waals surface area contributed by atoms with E-state index in [0.29, 0.717) is 30.3 Å². The van der Waals surface area contributed by atoms with Crippen LogP contribution in [0.2, 0.25) is 5.02 Å². The highest BCUT2D eigenvalue weighted by atomic mass is 79.9. The third kappa shape index (κ3) is 2.83. The van der Waals surface area contributed by atoms with Gasteiger partial charge in [0.05, 0.1) is 13.2 Å². The molecule has 1 unspecified atom stereocenters. The van der Waals surface area contributed by atoms with E-state index >= 15 is 0 Å². The van der Waals surface area contributed by atoms with Gasteiger partial charge in [-0.3, -0.25) is 0 Å². The zero-order chi connectivity index (χ0) is 12.4. The smallest absolute Gasteiger partial charge is 0.255 e. The maximum Gasteiger partial charge on any atom is 0.255 e. The Morgan fingerprint density at radius 2 is 1.76 bits per heavy atom. The molecule has 1 heterocycles. The summed E-state index contributed by atoms with van der Waals surface area (Å²) >= 11 is 8.87. The van der Waals surface area contributed by atoms with Crippen LogP contribution in [0, 0.1) is 0 Å². The van der Waals surface area contributed by atoms with Gasteiger partial charge < -0.3 is 9.47 Å². The van der Waals surface area contributed by atoms with E-state index in [-0.39, 0.29) is 5.02 Å². The molecule has 94 valence electrons. The second-order valence-corrected chi connectivity index (χ2v) is 5.00. The molecule has 0 aromatic heterocycles. The first-order chi connectivity index (χ1) is 8.09. The molecule has 1 aromatic rings. The molecule has 17 heavy (non-hydrogen) atoms. The Morgan fingerprint density at radius 3 is 2.35 bits per heavy atom. The van der Waals surface area contributed by atoms with Crippen LogP contribution in [0.1, 0.15) is 16.8 Å². The number of rotatable bonds is 2. The zero-order valence-electron chi connectivity index (χ0n) is 8.76. The van der Waals surface area contributed by atoms with Crippen molar-refractivity contribution < 1.29 is 18.3 Å². The van der Waals surface area contributed by atoms with Crippen LogP contribution in [-0.2, 0) is 0 Å². The number of benzene rings is 1. The number of fused-ring (bicyclic) bond motifs is 1. The SMILES string of the molecule is FC(F)C(Br)c1cc2c(cc1Cl)OCCCO2. The highest BCUT2D eigenvalue weighted by Gasteiger charge is 2.24. The van der Waals surface area contributed by atoms with Gasteiger partial charge in [-0.1, -0.05) is 27.5 Å². The van der Waals surface area contributed by atoms with Gasteiger partial charge in [-0.2, -0.15) is 0 Å². The van der Waals surface area contributed by atoms with E-state index in [4.69, 9.17) is 21.1 Å². The first kappa shape index (κ1) is 12.9. The summed E-state index contributed by atoms with van der Waals surface area (Å²) in [6.45, 7) is 1.05. The fraction of sp³-hybridized carbons (Fsp3) is 0.455. The van der Waals surface area contributed by atoms with Gasteiger partial charge in [0, 0.05) is 17.5 Å². The summed E-state index contributed by atoms with van der Waals surface area (Å²) in [6.07, 6.45) is -1.77. The van der Waals surface area contributed by atoms with Gasteiger partial charge >= 0.3 is 0 Å². The van der Waals surface area contributed by atoms with Crippen LogP contribution in [0.15, 0.2) is 12.1 Å². The van der Waals surface area contributed by atoms with Crippen LogP contribution < -0.4 is 9.47 Å². The molecule has 2 nitrogen and oxygen atoms in total. The monoisotopic (exact) mass is 326 g/mol. The molecule has 0 radical (unpaired) electrons. The van der Waals surface area contributed by atoms with Gasteiger partial charge in [-0.25, -0.2) is 8.78 Å². The van der Waals surface area contributed by atoms with E-state index in [1.165, 1.54) is 12.1 Å². The molecular weight excluding hydrogens is 317 g/mol. The lowest BCUT2D eigenvalue weighted by atomic mass is 10.1. The number of halogens is 4. The Balaban J connectivity index is 2.38. The van der Waals surface area contributed by atoms with Crippen LogP contribution in [0.25, 0.3) is 0 Å². The van der Waals surface area contributed by atoms with Gasteiger partial charge in [0.15, 0.2) is 11.5 Å². The summed E-state index contributed by atoms with van der Waals surface area (Å²) in [5.41, 5.74) is 0.311. The third-order valence-corrected chi connectivity index (χ3v) is 3.61. The van der Waals surface area contributed by atoms with Crippen LogP contribution in [0.3, 0.4) is 0 Å².